The zero-order chi connectivity index (χ0) is 23.3. The van der Waals surface area contributed by atoms with Crippen LogP contribution in [0.1, 0.15) is 40.1 Å². The topological polar surface area (TPSA) is 80.8 Å². The van der Waals surface area contributed by atoms with Crippen molar-refractivity contribution in [2.24, 2.45) is 0 Å². The van der Waals surface area contributed by atoms with Gasteiger partial charge in [0.1, 0.15) is 0 Å². The first-order chi connectivity index (χ1) is 15.2. The average molecular weight is 452 g/mol. The fourth-order valence-corrected chi connectivity index (χ4v) is 4.31. The molecule has 3 aromatic rings. The van der Waals surface area contributed by atoms with Crippen LogP contribution in [0.15, 0.2) is 83.8 Å². The molecule has 1 atom stereocenters. The molecule has 1 unspecified atom stereocenters. The first-order valence-electron chi connectivity index (χ1n) is 10.2. The van der Waals surface area contributed by atoms with Crippen molar-refractivity contribution in [1.82, 2.24) is 0 Å². The van der Waals surface area contributed by atoms with Gasteiger partial charge in [-0.05, 0) is 55.3 Å². The van der Waals surface area contributed by atoms with E-state index in [4.69, 9.17) is 4.74 Å². The van der Waals surface area contributed by atoms with Crippen molar-refractivity contribution in [1.29, 1.82) is 0 Å². The lowest BCUT2D eigenvalue weighted by atomic mass is 10.0. The predicted octanol–water partition coefficient (Wildman–Crippen LogP) is 4.50. The van der Waals surface area contributed by atoms with Crippen LogP contribution in [0.25, 0.3) is 0 Å². The largest absolute Gasteiger partial charge is 0.451 e. The summed E-state index contributed by atoms with van der Waals surface area (Å²) >= 11 is 0. The number of anilines is 1. The summed E-state index contributed by atoms with van der Waals surface area (Å²) in [6.45, 7) is 3.54. The van der Waals surface area contributed by atoms with E-state index in [1.807, 2.05) is 19.1 Å². The molecule has 0 aromatic heterocycles. The summed E-state index contributed by atoms with van der Waals surface area (Å²) in [7, 11) is -2.32. The van der Waals surface area contributed by atoms with Crippen molar-refractivity contribution >= 4 is 27.5 Å². The summed E-state index contributed by atoms with van der Waals surface area (Å²) in [5, 5.41) is 0. The zero-order valence-electron chi connectivity index (χ0n) is 18.2. The molecule has 0 aliphatic carbocycles. The minimum absolute atomic E-state index is 0.0422. The molecule has 3 rings (SSSR count). The number of sulfonamides is 1. The highest BCUT2D eigenvalue weighted by Crippen LogP contribution is 2.22. The van der Waals surface area contributed by atoms with Gasteiger partial charge in [-0.2, -0.15) is 0 Å². The third kappa shape index (κ3) is 5.06. The first kappa shape index (κ1) is 23.2. The van der Waals surface area contributed by atoms with Gasteiger partial charge in [-0.15, -0.1) is 0 Å². The lowest BCUT2D eigenvalue weighted by molar-refractivity contribution is 0.0318. The minimum Gasteiger partial charge on any atom is -0.451 e. The molecule has 0 aliphatic rings. The van der Waals surface area contributed by atoms with E-state index in [9.17, 15) is 18.0 Å². The second kappa shape index (κ2) is 9.78. The Labute approximate surface area is 188 Å². The second-order valence-electron chi connectivity index (χ2n) is 7.29. The molecular weight excluding hydrogens is 426 g/mol. The molecule has 0 radical (unpaired) electrons. The summed E-state index contributed by atoms with van der Waals surface area (Å²) < 4.78 is 32.2. The SMILES string of the molecule is CCc1ccc(C(=O)C(C)OC(=O)c2ccc(S(=O)(=O)N(C)c3ccccc3)cc2)cc1. The highest BCUT2D eigenvalue weighted by molar-refractivity contribution is 7.92. The number of Topliss-reactive ketones (excluding diaryl/α,β-unsaturated/α-hetero) is 1. The maximum Gasteiger partial charge on any atom is 0.338 e. The lowest BCUT2D eigenvalue weighted by Crippen LogP contribution is -2.26. The molecule has 0 aliphatic heterocycles. The van der Waals surface area contributed by atoms with Crippen LogP contribution in [-0.4, -0.2) is 33.3 Å². The summed E-state index contributed by atoms with van der Waals surface area (Å²) in [5.74, 6) is -0.999. The van der Waals surface area contributed by atoms with Gasteiger partial charge >= 0.3 is 5.97 Å². The number of aryl methyl sites for hydroxylation is 1. The van der Waals surface area contributed by atoms with E-state index in [1.165, 1.54) is 42.5 Å². The van der Waals surface area contributed by atoms with Crippen molar-refractivity contribution in [3.8, 4) is 0 Å². The molecule has 0 saturated carbocycles. The summed E-state index contributed by atoms with van der Waals surface area (Å²) in [5.41, 5.74) is 2.26. The normalized spacial score (nSPS) is 12.1. The van der Waals surface area contributed by atoms with Gasteiger partial charge in [-0.3, -0.25) is 9.10 Å². The Balaban J connectivity index is 1.69. The number of hydrogen-bond donors (Lipinski definition) is 0. The summed E-state index contributed by atoms with van der Waals surface area (Å²) in [4.78, 5) is 25.1. The summed E-state index contributed by atoms with van der Waals surface area (Å²) in [6, 6.07) is 21.3. The molecule has 166 valence electrons. The maximum absolute atomic E-state index is 12.8. The molecule has 0 heterocycles. The minimum atomic E-state index is -3.79. The van der Waals surface area contributed by atoms with Crippen LogP contribution in [0.2, 0.25) is 0 Å². The Kier molecular flexibility index (Phi) is 7.10. The van der Waals surface area contributed by atoms with Gasteiger partial charge in [0.25, 0.3) is 10.0 Å². The van der Waals surface area contributed by atoms with E-state index in [0.717, 1.165) is 12.0 Å². The number of ketones is 1. The van der Waals surface area contributed by atoms with E-state index < -0.39 is 22.1 Å². The highest BCUT2D eigenvalue weighted by atomic mass is 32.2. The van der Waals surface area contributed by atoms with Crippen LogP contribution in [0.3, 0.4) is 0 Å². The van der Waals surface area contributed by atoms with Crippen molar-refractivity contribution in [3.63, 3.8) is 0 Å². The molecule has 0 amide bonds. The molecule has 0 saturated heterocycles. The number of para-hydroxylation sites is 1. The van der Waals surface area contributed by atoms with E-state index in [2.05, 4.69) is 0 Å². The third-order valence-corrected chi connectivity index (χ3v) is 6.97. The molecule has 0 spiro atoms. The van der Waals surface area contributed by atoms with Gasteiger partial charge in [0.2, 0.25) is 5.78 Å². The van der Waals surface area contributed by atoms with E-state index >= 15 is 0 Å². The van der Waals surface area contributed by atoms with Crippen LogP contribution < -0.4 is 4.31 Å². The molecule has 0 fully saturated rings. The first-order valence-corrected chi connectivity index (χ1v) is 11.7. The van der Waals surface area contributed by atoms with Gasteiger partial charge in [0.15, 0.2) is 6.10 Å². The monoisotopic (exact) mass is 451 g/mol. The number of benzene rings is 3. The highest BCUT2D eigenvalue weighted by Gasteiger charge is 2.23. The fraction of sp³-hybridized carbons (Fsp3) is 0.200. The molecular formula is C25H25NO5S. The number of nitrogens with zero attached hydrogens (tertiary/aromatic N) is 1. The maximum atomic E-state index is 12.8. The van der Waals surface area contributed by atoms with E-state index in [1.54, 1.807) is 42.5 Å². The average Bonchev–Trinajstić information content (AvgIpc) is 2.83. The Bertz CT molecular complexity index is 1190. The number of ether oxygens (including phenoxy) is 1. The number of rotatable bonds is 8. The van der Waals surface area contributed by atoms with Crippen LogP contribution in [-0.2, 0) is 21.2 Å². The Morgan fingerprint density at radius 1 is 0.875 bits per heavy atom. The summed E-state index contributed by atoms with van der Waals surface area (Å²) in [6.07, 6.45) is -0.103. The van der Waals surface area contributed by atoms with Crippen molar-refractivity contribution in [2.75, 3.05) is 11.4 Å². The van der Waals surface area contributed by atoms with Gasteiger partial charge in [0, 0.05) is 12.6 Å². The standard InChI is InChI=1S/C25H25NO5S/c1-4-19-10-12-20(13-11-19)24(27)18(2)31-25(28)21-14-16-23(17-15-21)32(29,30)26(3)22-8-6-5-7-9-22/h5-18H,4H2,1-3H3. The number of carbonyl (C=O) groups is 2. The third-order valence-electron chi connectivity index (χ3n) is 5.17. The fourth-order valence-electron chi connectivity index (χ4n) is 3.12. The van der Waals surface area contributed by atoms with Crippen LogP contribution in [0, 0.1) is 0 Å². The number of hydrogen-bond acceptors (Lipinski definition) is 5. The van der Waals surface area contributed by atoms with Crippen molar-refractivity contribution in [2.45, 2.75) is 31.3 Å². The van der Waals surface area contributed by atoms with Gasteiger partial charge < -0.3 is 4.74 Å². The smallest absolute Gasteiger partial charge is 0.338 e. The second-order valence-corrected chi connectivity index (χ2v) is 9.26. The van der Waals surface area contributed by atoms with Crippen molar-refractivity contribution in [3.05, 3.63) is 95.6 Å². The molecule has 3 aromatic carbocycles. The quantitative estimate of drug-likeness (QED) is 0.372. The predicted molar refractivity (Wildman–Crippen MR) is 124 cm³/mol. The molecule has 6 nitrogen and oxygen atoms in total. The molecule has 0 bridgehead atoms. The zero-order valence-corrected chi connectivity index (χ0v) is 19.0. The Morgan fingerprint density at radius 2 is 1.44 bits per heavy atom. The van der Waals surface area contributed by atoms with Crippen LogP contribution >= 0.6 is 0 Å². The molecule has 7 heteroatoms. The number of carbonyl (C=O) groups excluding carboxylic acids is 2. The Morgan fingerprint density at radius 3 is 2.00 bits per heavy atom. The number of esters is 1. The Hall–Kier alpha value is -3.45. The molecule has 32 heavy (non-hydrogen) atoms. The lowest BCUT2D eigenvalue weighted by Gasteiger charge is -2.19. The van der Waals surface area contributed by atoms with Gasteiger partial charge in [0.05, 0.1) is 16.1 Å². The van der Waals surface area contributed by atoms with Crippen molar-refractivity contribution < 1.29 is 22.7 Å². The molecule has 0 N–H and O–H groups in total. The van der Waals surface area contributed by atoms with Gasteiger partial charge in [-0.25, -0.2) is 13.2 Å². The van der Waals surface area contributed by atoms with Gasteiger partial charge in [-0.1, -0.05) is 49.4 Å². The van der Waals surface area contributed by atoms with Crippen LogP contribution in [0.4, 0.5) is 5.69 Å². The van der Waals surface area contributed by atoms with E-state index in [0.29, 0.717) is 11.3 Å². The van der Waals surface area contributed by atoms with E-state index in [-0.39, 0.29) is 16.2 Å². The van der Waals surface area contributed by atoms with Crippen LogP contribution in [0.5, 0.6) is 0 Å².